The van der Waals surface area contributed by atoms with Crippen LogP contribution in [0.2, 0.25) is 0 Å². The summed E-state index contributed by atoms with van der Waals surface area (Å²) in [4.78, 5) is -0.286. The first-order chi connectivity index (χ1) is 8.40. The summed E-state index contributed by atoms with van der Waals surface area (Å²) < 4.78 is 38.4. The molecule has 1 aromatic carbocycles. The number of benzene rings is 1. The quantitative estimate of drug-likeness (QED) is 0.659. The summed E-state index contributed by atoms with van der Waals surface area (Å²) in [5, 5.41) is 26.2. The highest BCUT2D eigenvalue weighted by atomic mass is 32.2. The first-order valence-electron chi connectivity index (χ1n) is 4.89. The second-order valence-corrected chi connectivity index (χ2v) is 5.21. The van der Waals surface area contributed by atoms with Crippen LogP contribution in [0, 0.1) is 17.1 Å². The van der Waals surface area contributed by atoms with Crippen molar-refractivity contribution in [3.05, 3.63) is 29.6 Å². The number of aliphatic hydroxyl groups excluding tert-OH is 2. The summed E-state index contributed by atoms with van der Waals surface area (Å²) in [5.41, 5.74) is -0.388. The predicted octanol–water partition coefficient (Wildman–Crippen LogP) is -0.671. The standard InChI is InChI=1S/C10H11FN2O4S/c11-10-2-1-9(3-7(10)4-12)18(16,17)13-5-8(15)6-14/h1-3,8,13-15H,5-6H2. The molecule has 0 aliphatic carbocycles. The summed E-state index contributed by atoms with van der Waals surface area (Å²) in [6, 6.07) is 4.29. The molecule has 0 aliphatic rings. The monoisotopic (exact) mass is 274 g/mol. The second kappa shape index (κ2) is 5.88. The van der Waals surface area contributed by atoms with Crippen molar-refractivity contribution in [2.24, 2.45) is 0 Å². The molecule has 0 spiro atoms. The Morgan fingerprint density at radius 3 is 2.72 bits per heavy atom. The summed E-state index contributed by atoms with van der Waals surface area (Å²) in [7, 11) is -3.95. The van der Waals surface area contributed by atoms with Gasteiger partial charge in [-0.2, -0.15) is 5.26 Å². The van der Waals surface area contributed by atoms with Gasteiger partial charge in [-0.3, -0.25) is 0 Å². The van der Waals surface area contributed by atoms with Crippen LogP contribution in [-0.4, -0.2) is 37.9 Å². The fraction of sp³-hybridized carbons (Fsp3) is 0.300. The van der Waals surface area contributed by atoms with E-state index < -0.39 is 28.6 Å². The molecular weight excluding hydrogens is 263 g/mol. The Morgan fingerprint density at radius 1 is 1.50 bits per heavy atom. The van der Waals surface area contributed by atoms with Gasteiger partial charge in [0.15, 0.2) is 0 Å². The SMILES string of the molecule is N#Cc1cc(S(=O)(=O)NCC(O)CO)ccc1F. The van der Waals surface area contributed by atoms with Gasteiger partial charge in [-0.05, 0) is 18.2 Å². The predicted molar refractivity (Wildman–Crippen MR) is 59.4 cm³/mol. The molecule has 1 atom stereocenters. The minimum absolute atomic E-state index is 0.286. The first-order valence-corrected chi connectivity index (χ1v) is 6.37. The Morgan fingerprint density at radius 2 is 2.17 bits per heavy atom. The number of sulfonamides is 1. The van der Waals surface area contributed by atoms with E-state index in [4.69, 9.17) is 15.5 Å². The van der Waals surface area contributed by atoms with E-state index in [1.54, 1.807) is 0 Å². The van der Waals surface area contributed by atoms with Crippen LogP contribution in [0.1, 0.15) is 5.56 Å². The summed E-state index contributed by atoms with van der Waals surface area (Å²) in [6.07, 6.45) is -1.23. The van der Waals surface area contributed by atoms with Crippen molar-refractivity contribution in [2.45, 2.75) is 11.0 Å². The number of rotatable bonds is 5. The smallest absolute Gasteiger partial charge is 0.240 e. The molecule has 0 bridgehead atoms. The lowest BCUT2D eigenvalue weighted by Gasteiger charge is -2.10. The maximum Gasteiger partial charge on any atom is 0.240 e. The number of aliphatic hydroxyl groups is 2. The zero-order chi connectivity index (χ0) is 13.8. The van der Waals surface area contributed by atoms with Gasteiger partial charge in [0, 0.05) is 6.54 Å². The van der Waals surface area contributed by atoms with Gasteiger partial charge in [-0.15, -0.1) is 0 Å². The third-order valence-corrected chi connectivity index (χ3v) is 3.51. The lowest BCUT2D eigenvalue weighted by Crippen LogP contribution is -2.33. The molecule has 0 aliphatic heterocycles. The number of nitriles is 1. The van der Waals surface area contributed by atoms with Crippen LogP contribution >= 0.6 is 0 Å². The van der Waals surface area contributed by atoms with Gasteiger partial charge in [0.05, 0.1) is 23.2 Å². The Hall–Kier alpha value is -1.53. The Balaban J connectivity index is 2.96. The molecule has 3 N–H and O–H groups in total. The van der Waals surface area contributed by atoms with Gasteiger partial charge in [-0.25, -0.2) is 17.5 Å². The molecule has 0 saturated carbocycles. The van der Waals surface area contributed by atoms with Gasteiger partial charge in [0.1, 0.15) is 11.9 Å². The van der Waals surface area contributed by atoms with E-state index in [1.165, 1.54) is 6.07 Å². The van der Waals surface area contributed by atoms with Gasteiger partial charge < -0.3 is 10.2 Å². The molecule has 6 nitrogen and oxygen atoms in total. The Kier molecular flexibility index (Phi) is 4.75. The van der Waals surface area contributed by atoms with Crippen molar-refractivity contribution in [3.8, 4) is 6.07 Å². The van der Waals surface area contributed by atoms with Gasteiger partial charge in [-0.1, -0.05) is 0 Å². The van der Waals surface area contributed by atoms with Crippen LogP contribution in [0.3, 0.4) is 0 Å². The molecule has 0 heterocycles. The second-order valence-electron chi connectivity index (χ2n) is 3.44. The molecule has 1 unspecified atom stereocenters. The van der Waals surface area contributed by atoms with E-state index in [1.807, 2.05) is 4.72 Å². The van der Waals surface area contributed by atoms with Crippen molar-refractivity contribution in [2.75, 3.05) is 13.2 Å². The minimum atomic E-state index is -3.95. The van der Waals surface area contributed by atoms with E-state index in [2.05, 4.69) is 0 Å². The average Bonchev–Trinajstić information content (AvgIpc) is 2.36. The fourth-order valence-electron chi connectivity index (χ4n) is 1.11. The Labute approximate surface area is 103 Å². The summed E-state index contributed by atoms with van der Waals surface area (Å²) in [6.45, 7) is -0.965. The van der Waals surface area contributed by atoms with Crippen LogP contribution in [0.5, 0.6) is 0 Å². The van der Waals surface area contributed by atoms with Crippen molar-refractivity contribution < 1.29 is 23.0 Å². The molecule has 0 amide bonds. The lowest BCUT2D eigenvalue weighted by molar-refractivity contribution is 0.0988. The van der Waals surface area contributed by atoms with E-state index in [-0.39, 0.29) is 17.0 Å². The normalized spacial score (nSPS) is 13.0. The average molecular weight is 274 g/mol. The molecule has 0 fully saturated rings. The van der Waals surface area contributed by atoms with E-state index in [0.717, 1.165) is 18.2 Å². The van der Waals surface area contributed by atoms with E-state index >= 15 is 0 Å². The number of hydrogen-bond acceptors (Lipinski definition) is 5. The number of nitrogens with one attached hydrogen (secondary N) is 1. The van der Waals surface area contributed by atoms with Gasteiger partial charge in [0.25, 0.3) is 0 Å². The van der Waals surface area contributed by atoms with Gasteiger partial charge >= 0.3 is 0 Å². The van der Waals surface area contributed by atoms with Crippen molar-refractivity contribution >= 4 is 10.0 Å². The van der Waals surface area contributed by atoms with Gasteiger partial charge in [0.2, 0.25) is 10.0 Å². The maximum atomic E-state index is 13.0. The zero-order valence-corrected chi connectivity index (χ0v) is 9.98. The van der Waals surface area contributed by atoms with Crippen LogP contribution < -0.4 is 4.72 Å². The molecule has 0 aromatic heterocycles. The molecule has 18 heavy (non-hydrogen) atoms. The maximum absolute atomic E-state index is 13.0. The number of hydrogen-bond donors (Lipinski definition) is 3. The summed E-state index contributed by atoms with van der Waals surface area (Å²) >= 11 is 0. The van der Waals surface area contributed by atoms with Crippen molar-refractivity contribution in [1.29, 1.82) is 5.26 Å². The molecule has 8 heteroatoms. The molecular formula is C10H11FN2O4S. The molecule has 0 radical (unpaired) electrons. The van der Waals surface area contributed by atoms with Crippen LogP contribution in [0.4, 0.5) is 4.39 Å². The molecule has 98 valence electrons. The highest BCUT2D eigenvalue weighted by Gasteiger charge is 2.17. The minimum Gasteiger partial charge on any atom is -0.394 e. The largest absolute Gasteiger partial charge is 0.394 e. The highest BCUT2D eigenvalue weighted by molar-refractivity contribution is 7.89. The van der Waals surface area contributed by atoms with Crippen molar-refractivity contribution in [1.82, 2.24) is 4.72 Å². The number of nitrogens with zero attached hydrogens (tertiary/aromatic N) is 1. The number of halogens is 1. The Bertz CT molecular complexity index is 568. The molecule has 1 aromatic rings. The fourth-order valence-corrected chi connectivity index (χ4v) is 2.21. The van der Waals surface area contributed by atoms with E-state index in [0.29, 0.717) is 0 Å². The molecule has 0 saturated heterocycles. The third kappa shape index (κ3) is 3.48. The highest BCUT2D eigenvalue weighted by Crippen LogP contribution is 2.14. The van der Waals surface area contributed by atoms with Crippen LogP contribution in [0.15, 0.2) is 23.1 Å². The first kappa shape index (κ1) is 14.5. The summed E-state index contributed by atoms with van der Waals surface area (Å²) in [5.74, 6) is -0.813. The van der Waals surface area contributed by atoms with E-state index in [9.17, 15) is 12.8 Å². The van der Waals surface area contributed by atoms with Crippen LogP contribution in [0.25, 0.3) is 0 Å². The topological polar surface area (TPSA) is 110 Å². The molecule has 1 rings (SSSR count). The zero-order valence-electron chi connectivity index (χ0n) is 9.17. The van der Waals surface area contributed by atoms with Crippen molar-refractivity contribution in [3.63, 3.8) is 0 Å². The third-order valence-electron chi connectivity index (χ3n) is 2.09. The lowest BCUT2D eigenvalue weighted by atomic mass is 10.2. The van der Waals surface area contributed by atoms with Crippen LogP contribution in [-0.2, 0) is 10.0 Å².